The maximum Gasteiger partial charge on any atom is 0.159 e. The molecule has 0 aliphatic rings. The molecule has 2 nitrogen and oxygen atoms in total. The minimum atomic E-state index is -0.0251. The number of benzene rings is 1. The third kappa shape index (κ3) is 3.63. The van der Waals surface area contributed by atoms with Crippen molar-refractivity contribution < 1.29 is 4.79 Å². The summed E-state index contributed by atoms with van der Waals surface area (Å²) in [6, 6.07) is 3.40. The lowest BCUT2D eigenvalue weighted by Gasteiger charge is -2.26. The van der Waals surface area contributed by atoms with Crippen LogP contribution < -0.4 is 4.90 Å². The Balaban J connectivity index is 3.18. The lowest BCUT2D eigenvalue weighted by Crippen LogP contribution is -2.25. The zero-order chi connectivity index (χ0) is 13.7. The van der Waals surface area contributed by atoms with Crippen LogP contribution in [0.4, 0.5) is 5.69 Å². The smallest absolute Gasteiger partial charge is 0.159 e. The second-order valence-corrected chi connectivity index (χ2v) is 5.15. The van der Waals surface area contributed by atoms with Gasteiger partial charge in [-0.1, -0.05) is 37.0 Å². The van der Waals surface area contributed by atoms with Crippen molar-refractivity contribution in [3.05, 3.63) is 27.7 Å². The average molecular weight is 288 g/mol. The van der Waals surface area contributed by atoms with Crippen LogP contribution in [0, 0.1) is 0 Å². The van der Waals surface area contributed by atoms with E-state index in [0.29, 0.717) is 15.6 Å². The van der Waals surface area contributed by atoms with E-state index in [1.165, 1.54) is 6.92 Å². The van der Waals surface area contributed by atoms with Crippen LogP contribution in [0.15, 0.2) is 12.1 Å². The van der Waals surface area contributed by atoms with Crippen LogP contribution in [-0.2, 0) is 0 Å². The molecule has 1 aromatic carbocycles. The van der Waals surface area contributed by atoms with Crippen molar-refractivity contribution in [1.82, 2.24) is 0 Å². The van der Waals surface area contributed by atoms with Crippen molar-refractivity contribution in [3.8, 4) is 0 Å². The first-order valence-electron chi connectivity index (χ1n) is 6.26. The molecule has 1 rings (SSSR count). The molecule has 0 spiro atoms. The van der Waals surface area contributed by atoms with Gasteiger partial charge in [-0.05, 0) is 31.9 Å². The summed E-state index contributed by atoms with van der Waals surface area (Å²) in [5, 5.41) is 1.10. The highest BCUT2D eigenvalue weighted by molar-refractivity contribution is 6.39. The number of halogens is 2. The number of Topliss-reactive ketones (excluding diaryl/α,β-unsaturated/α-hetero) is 1. The van der Waals surface area contributed by atoms with Crippen molar-refractivity contribution in [2.45, 2.75) is 33.6 Å². The Morgan fingerprint density at radius 2 is 1.56 bits per heavy atom. The second-order valence-electron chi connectivity index (χ2n) is 4.33. The maximum atomic E-state index is 11.4. The molecule has 0 heterocycles. The maximum absolute atomic E-state index is 11.4. The Morgan fingerprint density at radius 1 is 1.11 bits per heavy atom. The molecule has 18 heavy (non-hydrogen) atoms. The molecule has 0 N–H and O–H groups in total. The minimum absolute atomic E-state index is 0.0251. The zero-order valence-corrected chi connectivity index (χ0v) is 12.6. The normalized spacial score (nSPS) is 10.5. The fraction of sp³-hybridized carbons (Fsp3) is 0.500. The molecule has 4 heteroatoms. The van der Waals surface area contributed by atoms with E-state index in [0.717, 1.165) is 31.6 Å². The van der Waals surface area contributed by atoms with Gasteiger partial charge in [0.1, 0.15) is 0 Å². The van der Waals surface area contributed by atoms with Crippen molar-refractivity contribution in [1.29, 1.82) is 0 Å². The summed E-state index contributed by atoms with van der Waals surface area (Å²) >= 11 is 12.5. The van der Waals surface area contributed by atoms with E-state index in [9.17, 15) is 4.79 Å². The Hall–Kier alpha value is -0.730. The molecule has 0 aliphatic carbocycles. The summed E-state index contributed by atoms with van der Waals surface area (Å²) in [7, 11) is 0. The van der Waals surface area contributed by atoms with Gasteiger partial charge >= 0.3 is 0 Å². The Kier molecular flexibility index (Phi) is 5.97. The van der Waals surface area contributed by atoms with Crippen molar-refractivity contribution in [3.63, 3.8) is 0 Å². The van der Waals surface area contributed by atoms with Crippen molar-refractivity contribution >= 4 is 34.7 Å². The van der Waals surface area contributed by atoms with Gasteiger partial charge in [-0.25, -0.2) is 0 Å². The van der Waals surface area contributed by atoms with Crippen LogP contribution in [-0.4, -0.2) is 18.9 Å². The van der Waals surface area contributed by atoms with E-state index in [1.807, 2.05) is 0 Å². The second kappa shape index (κ2) is 7.01. The molecule has 0 aromatic heterocycles. The average Bonchev–Trinajstić information content (AvgIpc) is 2.28. The first-order valence-corrected chi connectivity index (χ1v) is 7.01. The van der Waals surface area contributed by atoms with Crippen molar-refractivity contribution in [2.75, 3.05) is 18.0 Å². The van der Waals surface area contributed by atoms with E-state index in [1.54, 1.807) is 12.1 Å². The van der Waals surface area contributed by atoms with Crippen molar-refractivity contribution in [2.24, 2.45) is 0 Å². The van der Waals surface area contributed by atoms with Crippen LogP contribution >= 0.6 is 23.2 Å². The fourth-order valence-corrected chi connectivity index (χ4v) is 2.67. The fourth-order valence-electron chi connectivity index (χ4n) is 1.95. The molecule has 0 amide bonds. The van der Waals surface area contributed by atoms with Gasteiger partial charge in [-0.2, -0.15) is 0 Å². The number of hydrogen-bond donors (Lipinski definition) is 0. The SMILES string of the molecule is CCCN(CCC)c1c(Cl)cc(C(C)=O)cc1Cl. The third-order valence-electron chi connectivity index (χ3n) is 2.73. The Bertz CT molecular complexity index is 403. The highest BCUT2D eigenvalue weighted by Gasteiger charge is 2.15. The number of ketones is 1. The van der Waals surface area contributed by atoms with Gasteiger partial charge in [-0.3, -0.25) is 4.79 Å². The zero-order valence-electron chi connectivity index (χ0n) is 11.1. The predicted octanol–water partition coefficient (Wildman–Crippen LogP) is 4.82. The van der Waals surface area contributed by atoms with E-state index < -0.39 is 0 Å². The summed E-state index contributed by atoms with van der Waals surface area (Å²) in [5.74, 6) is -0.0251. The van der Waals surface area contributed by atoms with E-state index in [2.05, 4.69) is 18.7 Å². The largest absolute Gasteiger partial charge is 0.369 e. The molecule has 0 atom stereocenters. The molecule has 0 aliphatic heterocycles. The quantitative estimate of drug-likeness (QED) is 0.699. The molecular weight excluding hydrogens is 269 g/mol. The lowest BCUT2D eigenvalue weighted by atomic mass is 10.1. The van der Waals surface area contributed by atoms with Gasteiger partial charge < -0.3 is 4.90 Å². The lowest BCUT2D eigenvalue weighted by molar-refractivity contribution is 0.101. The van der Waals surface area contributed by atoms with Crippen LogP contribution in [0.25, 0.3) is 0 Å². The summed E-state index contributed by atoms with van der Waals surface area (Å²) in [6.45, 7) is 7.57. The predicted molar refractivity (Wildman–Crippen MR) is 79.3 cm³/mol. The van der Waals surface area contributed by atoms with E-state index in [4.69, 9.17) is 23.2 Å². The monoisotopic (exact) mass is 287 g/mol. The van der Waals surface area contributed by atoms with Gasteiger partial charge in [0.25, 0.3) is 0 Å². The molecule has 100 valence electrons. The Morgan fingerprint density at radius 3 is 1.89 bits per heavy atom. The van der Waals surface area contributed by atoms with Gasteiger partial charge in [-0.15, -0.1) is 0 Å². The number of hydrogen-bond acceptors (Lipinski definition) is 2. The third-order valence-corrected chi connectivity index (χ3v) is 3.30. The highest BCUT2D eigenvalue weighted by atomic mass is 35.5. The number of carbonyl (C=O) groups excluding carboxylic acids is 1. The molecule has 0 radical (unpaired) electrons. The molecule has 0 fully saturated rings. The number of anilines is 1. The van der Waals surface area contributed by atoms with Gasteiger partial charge in [0, 0.05) is 18.7 Å². The number of carbonyl (C=O) groups is 1. The molecule has 0 bridgehead atoms. The van der Waals surface area contributed by atoms with E-state index >= 15 is 0 Å². The van der Waals surface area contributed by atoms with Crippen LogP contribution in [0.5, 0.6) is 0 Å². The van der Waals surface area contributed by atoms with Crippen LogP contribution in [0.1, 0.15) is 44.0 Å². The minimum Gasteiger partial charge on any atom is -0.369 e. The first-order chi connectivity index (χ1) is 8.51. The first kappa shape index (κ1) is 15.3. The van der Waals surface area contributed by atoms with Crippen LogP contribution in [0.3, 0.4) is 0 Å². The molecule has 0 saturated heterocycles. The van der Waals surface area contributed by atoms with Crippen LogP contribution in [0.2, 0.25) is 10.0 Å². The summed E-state index contributed by atoms with van der Waals surface area (Å²) in [4.78, 5) is 13.5. The molecule has 0 saturated carbocycles. The van der Waals surface area contributed by atoms with Gasteiger partial charge in [0.15, 0.2) is 5.78 Å². The highest BCUT2D eigenvalue weighted by Crippen LogP contribution is 2.35. The van der Waals surface area contributed by atoms with Gasteiger partial charge in [0.05, 0.1) is 15.7 Å². The topological polar surface area (TPSA) is 20.3 Å². The number of rotatable bonds is 6. The number of nitrogens with zero attached hydrogens (tertiary/aromatic N) is 1. The Labute approximate surface area is 119 Å². The summed E-state index contributed by atoms with van der Waals surface area (Å²) in [5.41, 5.74) is 1.40. The summed E-state index contributed by atoms with van der Waals surface area (Å²) in [6.07, 6.45) is 2.06. The molecule has 0 unspecified atom stereocenters. The van der Waals surface area contributed by atoms with E-state index in [-0.39, 0.29) is 5.78 Å². The van der Waals surface area contributed by atoms with Gasteiger partial charge in [0.2, 0.25) is 0 Å². The molecular formula is C14H19Cl2NO. The standard InChI is InChI=1S/C14H19Cl2NO/c1-4-6-17(7-5-2)14-12(15)8-11(10(3)18)9-13(14)16/h8-9H,4-7H2,1-3H3. The molecule has 1 aromatic rings. The summed E-state index contributed by atoms with van der Waals surface area (Å²) < 4.78 is 0.